The zero-order chi connectivity index (χ0) is 21.2. The predicted octanol–water partition coefficient (Wildman–Crippen LogP) is 2.52. The Morgan fingerprint density at radius 3 is 2.48 bits per heavy atom. The third-order valence-electron chi connectivity index (χ3n) is 5.37. The van der Waals surface area contributed by atoms with E-state index < -0.39 is 34.4 Å². The number of benzene rings is 2. The zero-order valence-corrected chi connectivity index (χ0v) is 17.3. The van der Waals surface area contributed by atoms with Gasteiger partial charge in [-0.3, -0.25) is 4.79 Å². The number of carbonyl (C=O) groups excluding carboxylic acids is 2. The Kier molecular flexibility index (Phi) is 6.12. The van der Waals surface area contributed by atoms with Crippen molar-refractivity contribution in [2.45, 2.75) is 38.8 Å². The van der Waals surface area contributed by atoms with Gasteiger partial charge in [-0.05, 0) is 42.7 Å². The van der Waals surface area contributed by atoms with Crippen molar-refractivity contribution in [2.24, 2.45) is 0 Å². The van der Waals surface area contributed by atoms with Crippen LogP contribution in [0.2, 0.25) is 0 Å². The summed E-state index contributed by atoms with van der Waals surface area (Å²) in [6.07, 6.45) is 1.04. The maximum atomic E-state index is 12.8. The molecule has 0 saturated carbocycles. The molecular weight excluding hydrogens is 394 g/mol. The van der Waals surface area contributed by atoms with Crippen molar-refractivity contribution in [3.8, 4) is 5.75 Å². The smallest absolute Gasteiger partial charge is 0.342 e. The van der Waals surface area contributed by atoms with Crippen molar-refractivity contribution in [3.05, 3.63) is 42.0 Å². The van der Waals surface area contributed by atoms with Gasteiger partial charge < -0.3 is 14.7 Å². The highest BCUT2D eigenvalue weighted by atomic mass is 32.2. The standard InChI is InChI=1S/C21H25NO6S/c1-3-14(2)22(17-8-9-29(26,27)13-17)20(24)12-28-21(25)18-10-15-6-4-5-7-16(15)11-19(18)23/h4-7,10-11,14,17,23H,3,8-9,12-13H2,1-2H3/t14-,17+/m0/s1. The lowest BCUT2D eigenvalue weighted by Gasteiger charge is -2.33. The van der Waals surface area contributed by atoms with E-state index in [2.05, 4.69) is 0 Å². The van der Waals surface area contributed by atoms with E-state index in [0.717, 1.165) is 10.8 Å². The second-order valence-corrected chi connectivity index (χ2v) is 9.64. The van der Waals surface area contributed by atoms with E-state index in [4.69, 9.17) is 4.74 Å². The van der Waals surface area contributed by atoms with Gasteiger partial charge in [-0.15, -0.1) is 0 Å². The van der Waals surface area contributed by atoms with Gasteiger partial charge in [0.25, 0.3) is 5.91 Å². The fraction of sp³-hybridized carbons (Fsp3) is 0.429. The van der Waals surface area contributed by atoms with E-state index in [0.29, 0.717) is 12.8 Å². The Labute approximate surface area is 170 Å². The van der Waals surface area contributed by atoms with Crippen molar-refractivity contribution < 1.29 is 27.9 Å². The molecule has 0 aromatic heterocycles. The third-order valence-corrected chi connectivity index (χ3v) is 7.12. The van der Waals surface area contributed by atoms with E-state index in [9.17, 15) is 23.1 Å². The highest BCUT2D eigenvalue weighted by Gasteiger charge is 2.36. The van der Waals surface area contributed by atoms with Crippen LogP contribution >= 0.6 is 0 Å². The number of carbonyl (C=O) groups is 2. The van der Waals surface area contributed by atoms with Gasteiger partial charge in [0.1, 0.15) is 11.3 Å². The van der Waals surface area contributed by atoms with Gasteiger partial charge in [0.2, 0.25) is 0 Å². The summed E-state index contributed by atoms with van der Waals surface area (Å²) < 4.78 is 28.8. The van der Waals surface area contributed by atoms with Gasteiger partial charge in [-0.25, -0.2) is 13.2 Å². The van der Waals surface area contributed by atoms with Crippen LogP contribution in [0.15, 0.2) is 36.4 Å². The van der Waals surface area contributed by atoms with Crippen LogP contribution in [0.5, 0.6) is 5.75 Å². The number of ether oxygens (including phenoxy) is 1. The van der Waals surface area contributed by atoms with Gasteiger partial charge in [0.15, 0.2) is 16.4 Å². The largest absolute Gasteiger partial charge is 0.507 e. The highest BCUT2D eigenvalue weighted by molar-refractivity contribution is 7.91. The molecule has 0 aliphatic carbocycles. The van der Waals surface area contributed by atoms with Gasteiger partial charge >= 0.3 is 5.97 Å². The van der Waals surface area contributed by atoms with Crippen LogP contribution in [0, 0.1) is 0 Å². The van der Waals surface area contributed by atoms with Crippen LogP contribution in [-0.4, -0.2) is 60.5 Å². The highest BCUT2D eigenvalue weighted by Crippen LogP contribution is 2.26. The molecule has 2 aromatic carbocycles. The number of hydrogen-bond acceptors (Lipinski definition) is 6. The SMILES string of the molecule is CC[C@H](C)N(C(=O)COC(=O)c1cc2ccccc2cc1O)[C@@H]1CCS(=O)(=O)C1. The van der Waals surface area contributed by atoms with Crippen LogP contribution in [0.4, 0.5) is 0 Å². The number of sulfone groups is 1. The first kappa shape index (κ1) is 21.1. The molecule has 1 amide bonds. The Balaban J connectivity index is 1.72. The van der Waals surface area contributed by atoms with Crippen molar-refractivity contribution in [1.82, 2.24) is 4.90 Å². The first-order chi connectivity index (χ1) is 13.7. The third kappa shape index (κ3) is 4.70. The molecule has 0 spiro atoms. The maximum absolute atomic E-state index is 12.8. The fourth-order valence-electron chi connectivity index (χ4n) is 3.67. The molecule has 8 heteroatoms. The molecule has 2 atom stereocenters. The minimum absolute atomic E-state index is 0.0185. The molecule has 2 aromatic rings. The average molecular weight is 419 g/mol. The Hall–Kier alpha value is -2.61. The molecule has 1 aliphatic rings. The van der Waals surface area contributed by atoms with Crippen molar-refractivity contribution in [2.75, 3.05) is 18.1 Å². The number of phenolic OH excluding ortho intramolecular Hbond substituents is 1. The minimum Gasteiger partial charge on any atom is -0.507 e. The second kappa shape index (κ2) is 8.41. The summed E-state index contributed by atoms with van der Waals surface area (Å²) >= 11 is 0. The lowest BCUT2D eigenvalue weighted by atomic mass is 10.1. The molecule has 7 nitrogen and oxygen atoms in total. The van der Waals surface area contributed by atoms with Gasteiger partial charge in [-0.2, -0.15) is 0 Å². The fourth-order valence-corrected chi connectivity index (χ4v) is 5.38. The Morgan fingerprint density at radius 2 is 1.90 bits per heavy atom. The molecule has 1 N–H and O–H groups in total. The van der Waals surface area contributed by atoms with Crippen LogP contribution in [0.25, 0.3) is 10.8 Å². The van der Waals surface area contributed by atoms with Crippen molar-refractivity contribution in [3.63, 3.8) is 0 Å². The van der Waals surface area contributed by atoms with E-state index in [1.807, 2.05) is 38.1 Å². The predicted molar refractivity (Wildman–Crippen MR) is 110 cm³/mol. The molecule has 1 saturated heterocycles. The minimum atomic E-state index is -3.15. The van der Waals surface area contributed by atoms with Gasteiger partial charge in [0.05, 0.1) is 11.5 Å². The van der Waals surface area contributed by atoms with Crippen LogP contribution in [-0.2, 0) is 19.4 Å². The summed E-state index contributed by atoms with van der Waals surface area (Å²) in [5, 5.41) is 11.7. The monoisotopic (exact) mass is 419 g/mol. The molecular formula is C21H25NO6S. The molecule has 3 rings (SSSR count). The molecule has 1 aliphatic heterocycles. The van der Waals surface area contributed by atoms with Gasteiger partial charge in [0, 0.05) is 12.1 Å². The Morgan fingerprint density at radius 1 is 1.24 bits per heavy atom. The molecule has 0 bridgehead atoms. The number of phenols is 1. The molecule has 1 heterocycles. The number of rotatable bonds is 6. The molecule has 0 unspecified atom stereocenters. The van der Waals surface area contributed by atoms with Crippen LogP contribution < -0.4 is 0 Å². The van der Waals surface area contributed by atoms with Crippen LogP contribution in [0.3, 0.4) is 0 Å². The number of fused-ring (bicyclic) bond motifs is 1. The van der Waals surface area contributed by atoms with E-state index in [1.165, 1.54) is 17.0 Å². The first-order valence-corrected chi connectivity index (χ1v) is 11.4. The van der Waals surface area contributed by atoms with Crippen molar-refractivity contribution >= 4 is 32.5 Å². The first-order valence-electron chi connectivity index (χ1n) is 9.62. The summed E-state index contributed by atoms with van der Waals surface area (Å²) in [4.78, 5) is 26.7. The number of aromatic hydroxyl groups is 1. The molecule has 29 heavy (non-hydrogen) atoms. The number of esters is 1. The number of amides is 1. The lowest BCUT2D eigenvalue weighted by molar-refractivity contribution is -0.138. The summed E-state index contributed by atoms with van der Waals surface area (Å²) in [6, 6.07) is 9.68. The van der Waals surface area contributed by atoms with Crippen LogP contribution in [0.1, 0.15) is 37.0 Å². The second-order valence-electron chi connectivity index (χ2n) is 7.41. The molecule has 156 valence electrons. The molecule has 1 fully saturated rings. The van der Waals surface area contributed by atoms with E-state index >= 15 is 0 Å². The number of nitrogens with zero attached hydrogens (tertiary/aromatic N) is 1. The van der Waals surface area contributed by atoms with Crippen molar-refractivity contribution in [1.29, 1.82) is 0 Å². The normalized spacial score (nSPS) is 19.0. The maximum Gasteiger partial charge on any atom is 0.342 e. The quantitative estimate of drug-likeness (QED) is 0.722. The summed E-state index contributed by atoms with van der Waals surface area (Å²) in [6.45, 7) is 3.25. The zero-order valence-electron chi connectivity index (χ0n) is 16.5. The summed E-state index contributed by atoms with van der Waals surface area (Å²) in [5.74, 6) is -1.47. The summed E-state index contributed by atoms with van der Waals surface area (Å²) in [5.41, 5.74) is -0.0185. The lowest BCUT2D eigenvalue weighted by Crippen LogP contribution is -2.48. The molecule has 0 radical (unpaired) electrons. The summed E-state index contributed by atoms with van der Waals surface area (Å²) in [7, 11) is -3.15. The Bertz CT molecular complexity index is 1030. The van der Waals surface area contributed by atoms with Gasteiger partial charge in [-0.1, -0.05) is 31.2 Å². The van der Waals surface area contributed by atoms with E-state index in [-0.39, 0.29) is 28.9 Å². The average Bonchev–Trinajstić information content (AvgIpc) is 3.04. The topological polar surface area (TPSA) is 101 Å². The number of hydrogen-bond donors (Lipinski definition) is 1. The van der Waals surface area contributed by atoms with E-state index in [1.54, 1.807) is 0 Å².